The molecule has 0 unspecified atom stereocenters. The van der Waals surface area contributed by atoms with Gasteiger partial charge in [0.2, 0.25) is 0 Å². The fourth-order valence-electron chi connectivity index (χ4n) is 2.58. The first kappa shape index (κ1) is 18.1. The summed E-state index contributed by atoms with van der Waals surface area (Å²) in [6.45, 7) is 6.61. The van der Waals surface area contributed by atoms with Gasteiger partial charge in [0.05, 0.1) is 0 Å². The Hall–Kier alpha value is -0.980. The van der Waals surface area contributed by atoms with Gasteiger partial charge in [-0.15, -0.1) is 0 Å². The predicted octanol–water partition coefficient (Wildman–Crippen LogP) is 3.34. The number of piperidine rings is 1. The Balaban J connectivity index is 2.83. The van der Waals surface area contributed by atoms with E-state index in [1.54, 1.807) is 20.8 Å². The van der Waals surface area contributed by atoms with Crippen LogP contribution in [0, 0.1) is 5.92 Å². The number of hydrogen-bond donors (Lipinski definition) is 1. The third-order valence-corrected chi connectivity index (χ3v) is 3.78. The standard InChI is InChI=1S/C14H24F3NO3/c1-5-13(20,14(15,16)17)10-7-6-8-18(9-10)11(19)21-12(2,3)4/h10,20H,5-9H2,1-4H3/t10-,13+/m1/s1. The average Bonchev–Trinajstić information content (AvgIpc) is 2.34. The van der Waals surface area contributed by atoms with E-state index in [0.29, 0.717) is 13.0 Å². The van der Waals surface area contributed by atoms with Gasteiger partial charge in [0.1, 0.15) is 5.60 Å². The topological polar surface area (TPSA) is 49.8 Å². The van der Waals surface area contributed by atoms with E-state index in [2.05, 4.69) is 0 Å². The Morgan fingerprint density at radius 2 is 1.90 bits per heavy atom. The molecule has 124 valence electrons. The second-order valence-electron chi connectivity index (χ2n) is 6.54. The van der Waals surface area contributed by atoms with Crippen molar-refractivity contribution in [3.05, 3.63) is 0 Å². The first-order valence-corrected chi connectivity index (χ1v) is 7.17. The van der Waals surface area contributed by atoms with Crippen LogP contribution in [0.4, 0.5) is 18.0 Å². The number of halogens is 3. The van der Waals surface area contributed by atoms with Gasteiger partial charge >= 0.3 is 12.3 Å². The van der Waals surface area contributed by atoms with Crippen LogP contribution < -0.4 is 0 Å². The number of rotatable bonds is 2. The Morgan fingerprint density at radius 3 is 2.33 bits per heavy atom. The third kappa shape index (κ3) is 4.25. The van der Waals surface area contributed by atoms with Crippen molar-refractivity contribution in [3.8, 4) is 0 Å². The summed E-state index contributed by atoms with van der Waals surface area (Å²) < 4.78 is 44.5. The normalized spacial score (nSPS) is 23.6. The van der Waals surface area contributed by atoms with Crippen molar-refractivity contribution in [2.75, 3.05) is 13.1 Å². The molecule has 0 aliphatic carbocycles. The SMILES string of the molecule is CC[C@](O)([C@@H]1CCCN(C(=O)OC(C)(C)C)C1)C(F)(F)F. The van der Waals surface area contributed by atoms with E-state index in [9.17, 15) is 23.1 Å². The lowest BCUT2D eigenvalue weighted by Crippen LogP contribution is -2.57. The van der Waals surface area contributed by atoms with Gasteiger partial charge in [-0.05, 0) is 40.0 Å². The Morgan fingerprint density at radius 1 is 1.33 bits per heavy atom. The number of hydrogen-bond acceptors (Lipinski definition) is 3. The number of alkyl halides is 3. The summed E-state index contributed by atoms with van der Waals surface area (Å²) in [6.07, 6.45) is -5.11. The Labute approximate surface area is 123 Å². The number of nitrogens with zero attached hydrogens (tertiary/aromatic N) is 1. The summed E-state index contributed by atoms with van der Waals surface area (Å²) in [4.78, 5) is 13.2. The van der Waals surface area contributed by atoms with E-state index < -0.39 is 35.8 Å². The number of carbonyl (C=O) groups is 1. The van der Waals surface area contributed by atoms with Gasteiger partial charge in [0, 0.05) is 19.0 Å². The van der Waals surface area contributed by atoms with E-state index in [1.807, 2.05) is 0 Å². The lowest BCUT2D eigenvalue weighted by Gasteiger charge is -2.42. The second kappa shape index (κ2) is 6.02. The first-order valence-electron chi connectivity index (χ1n) is 7.17. The van der Waals surface area contributed by atoms with Crippen LogP contribution >= 0.6 is 0 Å². The average molecular weight is 311 g/mol. The molecule has 7 heteroatoms. The van der Waals surface area contributed by atoms with Crippen molar-refractivity contribution < 1.29 is 27.8 Å². The monoisotopic (exact) mass is 311 g/mol. The van der Waals surface area contributed by atoms with Crippen LogP contribution in [0.15, 0.2) is 0 Å². The molecule has 0 spiro atoms. The summed E-state index contributed by atoms with van der Waals surface area (Å²) >= 11 is 0. The maximum Gasteiger partial charge on any atom is 0.417 e. The zero-order valence-electron chi connectivity index (χ0n) is 13.0. The maximum atomic E-state index is 13.1. The van der Waals surface area contributed by atoms with Crippen LogP contribution in [0.5, 0.6) is 0 Å². The van der Waals surface area contributed by atoms with Gasteiger partial charge in [-0.1, -0.05) is 6.92 Å². The van der Waals surface area contributed by atoms with Gasteiger partial charge < -0.3 is 14.7 Å². The predicted molar refractivity (Wildman–Crippen MR) is 71.8 cm³/mol. The Bertz CT molecular complexity index is 379. The lowest BCUT2D eigenvalue weighted by atomic mass is 9.79. The second-order valence-corrected chi connectivity index (χ2v) is 6.54. The highest BCUT2D eigenvalue weighted by Crippen LogP contribution is 2.42. The molecule has 0 aromatic carbocycles. The van der Waals surface area contributed by atoms with Gasteiger partial charge in [-0.2, -0.15) is 13.2 Å². The van der Waals surface area contributed by atoms with E-state index in [1.165, 1.54) is 11.8 Å². The highest BCUT2D eigenvalue weighted by molar-refractivity contribution is 5.68. The molecule has 4 nitrogen and oxygen atoms in total. The summed E-state index contributed by atoms with van der Waals surface area (Å²) in [5.74, 6) is -1.02. The number of ether oxygens (including phenoxy) is 1. The molecule has 0 aromatic rings. The van der Waals surface area contributed by atoms with E-state index >= 15 is 0 Å². The summed E-state index contributed by atoms with van der Waals surface area (Å²) in [5.41, 5.74) is -3.46. The maximum absolute atomic E-state index is 13.1. The molecule has 1 saturated heterocycles. The van der Waals surface area contributed by atoms with Crippen LogP contribution in [0.2, 0.25) is 0 Å². The molecular weight excluding hydrogens is 287 g/mol. The number of amides is 1. The molecule has 1 aliphatic rings. The van der Waals surface area contributed by atoms with Crippen LogP contribution in [-0.4, -0.2) is 46.6 Å². The van der Waals surface area contributed by atoms with Crippen LogP contribution in [0.3, 0.4) is 0 Å². The number of carbonyl (C=O) groups excluding carboxylic acids is 1. The van der Waals surface area contributed by atoms with Crippen LogP contribution in [-0.2, 0) is 4.74 Å². The van der Waals surface area contributed by atoms with Crippen LogP contribution in [0.25, 0.3) is 0 Å². The smallest absolute Gasteiger partial charge is 0.417 e. The zero-order chi connectivity index (χ0) is 16.5. The summed E-state index contributed by atoms with van der Waals surface area (Å²) in [7, 11) is 0. The highest BCUT2D eigenvalue weighted by Gasteiger charge is 2.57. The molecule has 1 fully saturated rings. The van der Waals surface area contributed by atoms with Crippen molar-refractivity contribution in [2.45, 2.75) is 64.3 Å². The molecule has 21 heavy (non-hydrogen) atoms. The minimum atomic E-state index is -4.71. The highest BCUT2D eigenvalue weighted by atomic mass is 19.4. The van der Waals surface area contributed by atoms with Crippen molar-refractivity contribution in [1.82, 2.24) is 4.90 Å². The molecule has 1 aliphatic heterocycles. The third-order valence-electron chi connectivity index (χ3n) is 3.78. The van der Waals surface area contributed by atoms with E-state index in [0.717, 1.165) is 0 Å². The van der Waals surface area contributed by atoms with Gasteiger partial charge in [0.15, 0.2) is 5.60 Å². The fourth-order valence-corrected chi connectivity index (χ4v) is 2.58. The van der Waals surface area contributed by atoms with E-state index in [-0.39, 0.29) is 13.0 Å². The van der Waals surface area contributed by atoms with Crippen molar-refractivity contribution >= 4 is 6.09 Å². The molecular formula is C14H24F3NO3. The van der Waals surface area contributed by atoms with Crippen molar-refractivity contribution in [3.63, 3.8) is 0 Å². The molecule has 1 amide bonds. The van der Waals surface area contributed by atoms with Crippen molar-refractivity contribution in [2.24, 2.45) is 5.92 Å². The molecule has 1 rings (SSSR count). The Kier molecular flexibility index (Phi) is 5.18. The van der Waals surface area contributed by atoms with Crippen LogP contribution in [0.1, 0.15) is 47.0 Å². The van der Waals surface area contributed by atoms with Gasteiger partial charge in [-0.3, -0.25) is 0 Å². The summed E-state index contributed by atoms with van der Waals surface area (Å²) in [5, 5.41) is 10.0. The molecule has 1 heterocycles. The lowest BCUT2D eigenvalue weighted by molar-refractivity contribution is -0.284. The fraction of sp³-hybridized carbons (Fsp3) is 0.929. The quantitative estimate of drug-likeness (QED) is 0.851. The molecule has 0 bridgehead atoms. The molecule has 1 N–H and O–H groups in total. The van der Waals surface area contributed by atoms with Crippen molar-refractivity contribution in [1.29, 1.82) is 0 Å². The minimum Gasteiger partial charge on any atom is -0.444 e. The minimum absolute atomic E-state index is 0.140. The molecule has 0 saturated carbocycles. The van der Waals surface area contributed by atoms with Gasteiger partial charge in [0.25, 0.3) is 0 Å². The zero-order valence-corrected chi connectivity index (χ0v) is 13.0. The molecule has 0 aromatic heterocycles. The number of likely N-dealkylation sites (tertiary alicyclic amines) is 1. The molecule has 2 atom stereocenters. The molecule has 0 radical (unpaired) electrons. The summed E-state index contributed by atoms with van der Waals surface area (Å²) in [6, 6.07) is 0. The number of aliphatic hydroxyl groups is 1. The largest absolute Gasteiger partial charge is 0.444 e. The first-order chi connectivity index (χ1) is 9.40. The van der Waals surface area contributed by atoms with Gasteiger partial charge in [-0.25, -0.2) is 4.79 Å². The van der Waals surface area contributed by atoms with E-state index in [4.69, 9.17) is 4.74 Å².